The third-order valence-corrected chi connectivity index (χ3v) is 5.76. The molecule has 1 saturated carbocycles. The van der Waals surface area contributed by atoms with E-state index in [-0.39, 0.29) is 0 Å². The summed E-state index contributed by atoms with van der Waals surface area (Å²) >= 11 is 3.89. The van der Waals surface area contributed by atoms with Crippen LogP contribution in [0.2, 0.25) is 0 Å². The van der Waals surface area contributed by atoms with E-state index in [0.717, 1.165) is 5.92 Å². The minimum atomic E-state index is 0.628. The molecular formula is C16H27NS2. The molecule has 1 aliphatic carbocycles. The summed E-state index contributed by atoms with van der Waals surface area (Å²) in [7, 11) is 0. The smallest absolute Gasteiger partial charge is 0.0443 e. The molecule has 0 spiro atoms. The molecule has 1 heterocycles. The SMILES string of the molecule is CSCCCCCNC(c1cccs1)C1CCCC1. The summed E-state index contributed by atoms with van der Waals surface area (Å²) in [5.41, 5.74) is 0. The lowest BCUT2D eigenvalue weighted by Crippen LogP contribution is -2.27. The predicted molar refractivity (Wildman–Crippen MR) is 89.3 cm³/mol. The molecule has 1 nitrogen and oxygen atoms in total. The first-order chi connectivity index (χ1) is 9.42. The van der Waals surface area contributed by atoms with Crippen molar-refractivity contribution in [2.24, 2.45) is 5.92 Å². The number of hydrogen-bond acceptors (Lipinski definition) is 3. The molecule has 0 amide bonds. The second-order valence-corrected chi connectivity index (χ2v) is 7.51. The molecule has 0 bridgehead atoms. The number of thiophene rings is 1. The van der Waals surface area contributed by atoms with E-state index in [9.17, 15) is 0 Å². The van der Waals surface area contributed by atoms with Crippen molar-refractivity contribution >= 4 is 23.1 Å². The molecule has 1 aliphatic rings. The molecule has 3 heteroatoms. The zero-order valence-electron chi connectivity index (χ0n) is 12.1. The van der Waals surface area contributed by atoms with Crippen molar-refractivity contribution in [1.29, 1.82) is 0 Å². The van der Waals surface area contributed by atoms with Gasteiger partial charge in [-0.15, -0.1) is 11.3 Å². The van der Waals surface area contributed by atoms with E-state index < -0.39 is 0 Å². The van der Waals surface area contributed by atoms with Gasteiger partial charge in [0.1, 0.15) is 0 Å². The molecule has 1 fully saturated rings. The summed E-state index contributed by atoms with van der Waals surface area (Å²) in [6.07, 6.45) is 12.0. The van der Waals surface area contributed by atoms with Gasteiger partial charge < -0.3 is 5.32 Å². The quantitative estimate of drug-likeness (QED) is 0.636. The average molecular weight is 298 g/mol. The molecule has 0 aliphatic heterocycles. The van der Waals surface area contributed by atoms with Gasteiger partial charge in [0, 0.05) is 10.9 Å². The van der Waals surface area contributed by atoms with E-state index in [0.29, 0.717) is 6.04 Å². The standard InChI is InChI=1S/C16H27NS2/c1-18-12-6-2-5-11-17-16(14-8-3-4-9-14)15-10-7-13-19-15/h7,10,13-14,16-17H,2-6,8-9,11-12H2,1H3. The van der Waals surface area contributed by atoms with Crippen LogP contribution in [0.3, 0.4) is 0 Å². The van der Waals surface area contributed by atoms with Crippen molar-refractivity contribution in [2.75, 3.05) is 18.6 Å². The Morgan fingerprint density at radius 2 is 2.16 bits per heavy atom. The van der Waals surface area contributed by atoms with E-state index in [1.165, 1.54) is 57.2 Å². The van der Waals surface area contributed by atoms with Crippen LogP contribution in [0.5, 0.6) is 0 Å². The van der Waals surface area contributed by atoms with Gasteiger partial charge in [0.2, 0.25) is 0 Å². The monoisotopic (exact) mass is 297 g/mol. The van der Waals surface area contributed by atoms with Crippen LogP contribution >= 0.6 is 23.1 Å². The fourth-order valence-electron chi connectivity index (χ4n) is 3.06. The summed E-state index contributed by atoms with van der Waals surface area (Å²) in [4.78, 5) is 1.55. The topological polar surface area (TPSA) is 12.0 Å². The van der Waals surface area contributed by atoms with Crippen molar-refractivity contribution in [3.63, 3.8) is 0 Å². The van der Waals surface area contributed by atoms with Gasteiger partial charge in [-0.1, -0.05) is 25.3 Å². The highest BCUT2D eigenvalue weighted by atomic mass is 32.2. The third-order valence-electron chi connectivity index (χ3n) is 4.11. The lowest BCUT2D eigenvalue weighted by atomic mass is 9.96. The molecule has 1 N–H and O–H groups in total. The first-order valence-corrected chi connectivity index (χ1v) is 9.95. The van der Waals surface area contributed by atoms with Crippen molar-refractivity contribution in [2.45, 2.75) is 51.0 Å². The summed E-state index contributed by atoms with van der Waals surface area (Å²) in [5, 5.41) is 6.06. The second-order valence-electron chi connectivity index (χ2n) is 5.55. The normalized spacial score (nSPS) is 17.9. The van der Waals surface area contributed by atoms with Gasteiger partial charge in [0.05, 0.1) is 0 Å². The number of nitrogens with one attached hydrogen (secondary N) is 1. The number of rotatable bonds is 9. The van der Waals surface area contributed by atoms with Crippen LogP contribution in [0.25, 0.3) is 0 Å². The lowest BCUT2D eigenvalue weighted by Gasteiger charge is -2.24. The van der Waals surface area contributed by atoms with Crippen LogP contribution in [0.4, 0.5) is 0 Å². The van der Waals surface area contributed by atoms with Crippen molar-refractivity contribution in [3.8, 4) is 0 Å². The Morgan fingerprint density at radius 3 is 2.84 bits per heavy atom. The van der Waals surface area contributed by atoms with Crippen LogP contribution in [0, 0.1) is 5.92 Å². The highest BCUT2D eigenvalue weighted by molar-refractivity contribution is 7.98. The zero-order chi connectivity index (χ0) is 13.3. The van der Waals surface area contributed by atoms with E-state index in [1.54, 1.807) is 4.88 Å². The van der Waals surface area contributed by atoms with E-state index in [4.69, 9.17) is 0 Å². The summed E-state index contributed by atoms with van der Waals surface area (Å²) in [5.74, 6) is 2.20. The molecule has 1 aromatic rings. The largest absolute Gasteiger partial charge is 0.309 e. The Kier molecular flexibility index (Phi) is 7.33. The Morgan fingerprint density at radius 1 is 1.32 bits per heavy atom. The lowest BCUT2D eigenvalue weighted by molar-refractivity contribution is 0.369. The molecule has 0 saturated heterocycles. The summed E-state index contributed by atoms with van der Waals surface area (Å²) in [6, 6.07) is 5.14. The summed E-state index contributed by atoms with van der Waals surface area (Å²) in [6.45, 7) is 1.19. The van der Waals surface area contributed by atoms with E-state index >= 15 is 0 Å². The third kappa shape index (κ3) is 5.13. The van der Waals surface area contributed by atoms with E-state index in [1.807, 2.05) is 23.1 Å². The van der Waals surface area contributed by atoms with Gasteiger partial charge in [-0.2, -0.15) is 11.8 Å². The Labute approximate surface area is 126 Å². The molecule has 0 radical (unpaired) electrons. The average Bonchev–Trinajstić information content (AvgIpc) is 3.11. The minimum Gasteiger partial charge on any atom is -0.309 e. The van der Waals surface area contributed by atoms with Gasteiger partial charge in [-0.05, 0) is 61.6 Å². The van der Waals surface area contributed by atoms with Crippen LogP contribution in [-0.4, -0.2) is 18.6 Å². The maximum absolute atomic E-state index is 3.84. The van der Waals surface area contributed by atoms with Crippen LogP contribution in [-0.2, 0) is 0 Å². The van der Waals surface area contributed by atoms with Crippen LogP contribution in [0.15, 0.2) is 17.5 Å². The highest BCUT2D eigenvalue weighted by Gasteiger charge is 2.26. The molecule has 19 heavy (non-hydrogen) atoms. The highest BCUT2D eigenvalue weighted by Crippen LogP contribution is 2.37. The number of unbranched alkanes of at least 4 members (excludes halogenated alkanes) is 2. The molecule has 0 aromatic carbocycles. The molecule has 2 rings (SSSR count). The Balaban J connectivity index is 1.75. The van der Waals surface area contributed by atoms with Gasteiger partial charge in [0.15, 0.2) is 0 Å². The molecular weight excluding hydrogens is 270 g/mol. The fraction of sp³-hybridized carbons (Fsp3) is 0.750. The van der Waals surface area contributed by atoms with Crippen LogP contribution < -0.4 is 5.32 Å². The zero-order valence-corrected chi connectivity index (χ0v) is 13.7. The first kappa shape index (κ1) is 15.4. The Bertz CT molecular complexity index is 317. The van der Waals surface area contributed by atoms with Gasteiger partial charge in [0.25, 0.3) is 0 Å². The van der Waals surface area contributed by atoms with Crippen molar-refractivity contribution < 1.29 is 0 Å². The molecule has 108 valence electrons. The minimum absolute atomic E-state index is 0.628. The maximum Gasteiger partial charge on any atom is 0.0443 e. The van der Waals surface area contributed by atoms with Gasteiger partial charge in [-0.25, -0.2) is 0 Å². The Hall–Kier alpha value is 0.01000. The molecule has 1 aromatic heterocycles. The maximum atomic E-state index is 3.84. The van der Waals surface area contributed by atoms with Gasteiger partial charge >= 0.3 is 0 Å². The molecule has 1 unspecified atom stereocenters. The van der Waals surface area contributed by atoms with Crippen molar-refractivity contribution in [3.05, 3.63) is 22.4 Å². The number of thioether (sulfide) groups is 1. The van der Waals surface area contributed by atoms with Gasteiger partial charge in [-0.3, -0.25) is 0 Å². The van der Waals surface area contributed by atoms with Crippen LogP contribution in [0.1, 0.15) is 55.9 Å². The van der Waals surface area contributed by atoms with E-state index in [2.05, 4.69) is 29.1 Å². The first-order valence-electron chi connectivity index (χ1n) is 7.67. The second kappa shape index (κ2) is 9.04. The number of hydrogen-bond donors (Lipinski definition) is 1. The molecule has 1 atom stereocenters. The predicted octanol–water partition coefficient (Wildman–Crippen LogP) is 5.10. The summed E-state index contributed by atoms with van der Waals surface area (Å²) < 4.78 is 0. The fourth-order valence-corrected chi connectivity index (χ4v) is 4.45. The van der Waals surface area contributed by atoms with Crippen molar-refractivity contribution in [1.82, 2.24) is 5.32 Å².